The molecule has 4 rings (SSSR count). The monoisotopic (exact) mass is 523 g/mol. The van der Waals surface area contributed by atoms with Gasteiger partial charge < -0.3 is 9.64 Å². The first-order valence-electron chi connectivity index (χ1n) is 12.2. The zero-order chi connectivity index (χ0) is 27.6. The van der Waals surface area contributed by atoms with Crippen LogP contribution >= 0.6 is 0 Å². The number of ether oxygens (including phenoxy) is 1. The summed E-state index contributed by atoms with van der Waals surface area (Å²) in [7, 11) is 1.50. The number of rotatable bonds is 7. The van der Waals surface area contributed by atoms with Crippen LogP contribution in [0, 0.1) is 6.92 Å². The summed E-state index contributed by atoms with van der Waals surface area (Å²) in [5.74, 6) is 0.122. The van der Waals surface area contributed by atoms with Crippen molar-refractivity contribution in [2.45, 2.75) is 39.4 Å². The molecule has 9 heteroatoms. The second-order valence-electron chi connectivity index (χ2n) is 9.06. The summed E-state index contributed by atoms with van der Waals surface area (Å²) in [6.45, 7) is 5.70. The van der Waals surface area contributed by atoms with Crippen LogP contribution in [0.15, 0.2) is 71.5 Å². The first-order chi connectivity index (χ1) is 18.1. The molecule has 1 heterocycles. The highest BCUT2D eigenvalue weighted by atomic mass is 19.4. The summed E-state index contributed by atoms with van der Waals surface area (Å²) in [6, 6.07) is 15.9. The number of aromatic nitrogens is 2. The van der Waals surface area contributed by atoms with Gasteiger partial charge in [-0.15, -0.1) is 0 Å². The van der Waals surface area contributed by atoms with E-state index in [9.17, 15) is 22.8 Å². The van der Waals surface area contributed by atoms with Crippen LogP contribution in [0.25, 0.3) is 16.6 Å². The van der Waals surface area contributed by atoms with Gasteiger partial charge in [0.15, 0.2) is 0 Å². The second-order valence-corrected chi connectivity index (χ2v) is 9.06. The molecule has 0 bridgehead atoms. The Morgan fingerprint density at radius 3 is 2.50 bits per heavy atom. The van der Waals surface area contributed by atoms with Crippen molar-refractivity contribution in [3.63, 3.8) is 0 Å². The lowest BCUT2D eigenvalue weighted by Gasteiger charge is -2.31. The van der Waals surface area contributed by atoms with Gasteiger partial charge in [0.25, 0.3) is 11.5 Å². The fourth-order valence-electron chi connectivity index (χ4n) is 4.48. The number of benzene rings is 3. The van der Waals surface area contributed by atoms with Crippen LogP contribution < -0.4 is 10.3 Å². The maximum atomic E-state index is 13.8. The average molecular weight is 524 g/mol. The first-order valence-corrected chi connectivity index (χ1v) is 12.2. The normalized spacial score (nSPS) is 12.4. The number of methoxy groups -OCH3 is 1. The summed E-state index contributed by atoms with van der Waals surface area (Å²) in [5, 5.41) is 0.387. The summed E-state index contributed by atoms with van der Waals surface area (Å²) in [5.41, 5.74) is 0.445. The predicted molar refractivity (Wildman–Crippen MR) is 140 cm³/mol. The van der Waals surface area contributed by atoms with E-state index in [1.54, 1.807) is 43.3 Å². The Balaban J connectivity index is 1.93. The SMILES string of the molecule is CCCN(C(=O)c1cccc(C(F)(F)F)c1)C(C)c1nc2ccccc2c(=O)n1-c1cc(C)ccc1OC. The third kappa shape index (κ3) is 5.14. The molecule has 1 atom stereocenters. The van der Waals surface area contributed by atoms with E-state index in [4.69, 9.17) is 9.72 Å². The minimum absolute atomic E-state index is 0.0945. The van der Waals surface area contributed by atoms with E-state index >= 15 is 0 Å². The van der Waals surface area contributed by atoms with E-state index < -0.39 is 23.7 Å². The first kappa shape index (κ1) is 26.9. The minimum Gasteiger partial charge on any atom is -0.495 e. The van der Waals surface area contributed by atoms with Crippen molar-refractivity contribution in [2.24, 2.45) is 0 Å². The van der Waals surface area contributed by atoms with Crippen LogP contribution in [-0.2, 0) is 6.18 Å². The zero-order valence-electron chi connectivity index (χ0n) is 21.5. The molecule has 0 spiro atoms. The van der Waals surface area contributed by atoms with Crippen molar-refractivity contribution in [1.29, 1.82) is 0 Å². The van der Waals surface area contributed by atoms with E-state index in [0.717, 1.165) is 17.7 Å². The molecule has 0 N–H and O–H groups in total. The summed E-state index contributed by atoms with van der Waals surface area (Å²) >= 11 is 0. The maximum Gasteiger partial charge on any atom is 0.416 e. The van der Waals surface area contributed by atoms with Crippen molar-refractivity contribution in [1.82, 2.24) is 14.5 Å². The highest BCUT2D eigenvalue weighted by Gasteiger charge is 2.33. The molecule has 1 aromatic heterocycles. The van der Waals surface area contributed by atoms with Crippen LogP contribution in [0.3, 0.4) is 0 Å². The lowest BCUT2D eigenvalue weighted by atomic mass is 10.1. The molecule has 0 aliphatic heterocycles. The van der Waals surface area contributed by atoms with Gasteiger partial charge in [0.1, 0.15) is 11.6 Å². The predicted octanol–water partition coefficient (Wildman–Crippen LogP) is 6.33. The van der Waals surface area contributed by atoms with Gasteiger partial charge in [0.05, 0.1) is 35.3 Å². The van der Waals surface area contributed by atoms with E-state index in [2.05, 4.69) is 0 Å². The Kier molecular flexibility index (Phi) is 7.57. The number of para-hydroxylation sites is 1. The van der Waals surface area contributed by atoms with Crippen LogP contribution in [0.2, 0.25) is 0 Å². The molecule has 1 amide bonds. The van der Waals surface area contributed by atoms with Gasteiger partial charge in [-0.3, -0.25) is 14.2 Å². The largest absolute Gasteiger partial charge is 0.495 e. The fraction of sp³-hybridized carbons (Fsp3) is 0.276. The number of alkyl halides is 3. The molecule has 0 aliphatic rings. The molecule has 3 aromatic carbocycles. The molecule has 0 aliphatic carbocycles. The third-order valence-electron chi connectivity index (χ3n) is 6.38. The van der Waals surface area contributed by atoms with E-state index in [0.29, 0.717) is 28.8 Å². The number of halogens is 3. The van der Waals surface area contributed by atoms with Gasteiger partial charge in [-0.2, -0.15) is 13.2 Å². The fourth-order valence-corrected chi connectivity index (χ4v) is 4.48. The Morgan fingerprint density at radius 1 is 1.08 bits per heavy atom. The van der Waals surface area contributed by atoms with Crippen molar-refractivity contribution < 1.29 is 22.7 Å². The second kappa shape index (κ2) is 10.7. The Morgan fingerprint density at radius 2 is 1.82 bits per heavy atom. The van der Waals surface area contributed by atoms with Gasteiger partial charge in [-0.05, 0) is 68.3 Å². The molecule has 0 saturated heterocycles. The van der Waals surface area contributed by atoms with E-state index in [-0.39, 0.29) is 23.5 Å². The Labute approximate surface area is 218 Å². The molecular formula is C29H28F3N3O3. The van der Waals surface area contributed by atoms with Gasteiger partial charge >= 0.3 is 6.18 Å². The van der Waals surface area contributed by atoms with Gasteiger partial charge in [-0.25, -0.2) is 4.98 Å². The smallest absolute Gasteiger partial charge is 0.416 e. The number of amides is 1. The zero-order valence-corrected chi connectivity index (χ0v) is 21.5. The lowest BCUT2D eigenvalue weighted by Crippen LogP contribution is -2.38. The number of nitrogens with zero attached hydrogens (tertiary/aromatic N) is 3. The Bertz CT molecular complexity index is 1550. The van der Waals surface area contributed by atoms with Crippen molar-refractivity contribution in [3.05, 3.63) is 99.6 Å². The summed E-state index contributed by atoms with van der Waals surface area (Å²) in [6.07, 6.45) is -4.04. The topological polar surface area (TPSA) is 64.4 Å². The quantitative estimate of drug-likeness (QED) is 0.284. The van der Waals surface area contributed by atoms with Crippen LogP contribution in [0.1, 0.15) is 53.6 Å². The van der Waals surface area contributed by atoms with Crippen molar-refractivity contribution >= 4 is 16.8 Å². The van der Waals surface area contributed by atoms with Gasteiger partial charge in [0, 0.05) is 12.1 Å². The number of carbonyl (C=O) groups is 1. The molecule has 198 valence electrons. The number of aryl methyl sites for hydroxylation is 1. The standard InChI is InChI=1S/C29H28F3N3O3/c1-5-15-34(27(36)20-9-8-10-21(17-20)29(30,31)32)19(3)26-33-23-12-7-6-11-22(23)28(37)35(26)24-16-18(2)13-14-25(24)38-4/h6-14,16-17,19H,5,15H2,1-4H3. The lowest BCUT2D eigenvalue weighted by molar-refractivity contribution is -0.137. The average Bonchev–Trinajstić information content (AvgIpc) is 2.90. The number of carbonyl (C=O) groups excluding carboxylic acids is 1. The highest BCUT2D eigenvalue weighted by Crippen LogP contribution is 2.32. The molecule has 6 nitrogen and oxygen atoms in total. The molecule has 0 fully saturated rings. The number of fused-ring (bicyclic) bond motifs is 1. The summed E-state index contributed by atoms with van der Waals surface area (Å²) < 4.78 is 47.1. The molecule has 0 saturated carbocycles. The van der Waals surface area contributed by atoms with Gasteiger partial charge in [0.2, 0.25) is 0 Å². The molecule has 1 unspecified atom stereocenters. The Hall–Kier alpha value is -4.14. The third-order valence-corrected chi connectivity index (χ3v) is 6.38. The highest BCUT2D eigenvalue weighted by molar-refractivity contribution is 5.94. The van der Waals surface area contributed by atoms with E-state index in [1.807, 2.05) is 19.9 Å². The van der Waals surface area contributed by atoms with Crippen LogP contribution in [0.4, 0.5) is 13.2 Å². The number of hydrogen-bond acceptors (Lipinski definition) is 4. The van der Waals surface area contributed by atoms with Crippen molar-refractivity contribution in [2.75, 3.05) is 13.7 Å². The van der Waals surface area contributed by atoms with Crippen molar-refractivity contribution in [3.8, 4) is 11.4 Å². The maximum absolute atomic E-state index is 13.8. The molecule has 4 aromatic rings. The molecule has 38 heavy (non-hydrogen) atoms. The van der Waals surface area contributed by atoms with Gasteiger partial charge in [-0.1, -0.05) is 31.2 Å². The molecule has 0 radical (unpaired) electrons. The van der Waals surface area contributed by atoms with Crippen LogP contribution in [0.5, 0.6) is 5.75 Å². The summed E-state index contributed by atoms with van der Waals surface area (Å²) in [4.78, 5) is 33.7. The van der Waals surface area contributed by atoms with Crippen LogP contribution in [-0.4, -0.2) is 34.0 Å². The molecular weight excluding hydrogens is 495 g/mol. The van der Waals surface area contributed by atoms with E-state index in [1.165, 1.54) is 28.7 Å². The number of hydrogen-bond donors (Lipinski definition) is 0. The minimum atomic E-state index is -4.58.